The summed E-state index contributed by atoms with van der Waals surface area (Å²) < 4.78 is 5.14. The van der Waals surface area contributed by atoms with E-state index in [0.717, 1.165) is 70.0 Å². The van der Waals surface area contributed by atoms with Gasteiger partial charge in [0.2, 0.25) is 5.95 Å². The predicted molar refractivity (Wildman–Crippen MR) is 94.7 cm³/mol. The number of aromatic nitrogens is 2. The molecule has 0 radical (unpaired) electrons. The Morgan fingerprint density at radius 3 is 2.88 bits per heavy atom. The average molecular weight is 335 g/mol. The number of hydrogen-bond acceptors (Lipinski definition) is 6. The summed E-state index contributed by atoms with van der Waals surface area (Å²) >= 11 is 0. The summed E-state index contributed by atoms with van der Waals surface area (Å²) in [4.78, 5) is 22.3. The molecular weight excluding hydrogens is 306 g/mol. The number of ether oxygens (including phenoxy) is 1. The van der Waals surface area contributed by atoms with Crippen molar-refractivity contribution in [1.82, 2.24) is 20.2 Å². The summed E-state index contributed by atoms with van der Waals surface area (Å²) in [7, 11) is 1.75. The lowest BCUT2D eigenvalue weighted by atomic mass is 9.97. The number of aromatic amines is 1. The highest BCUT2D eigenvalue weighted by molar-refractivity contribution is 5.31. The van der Waals surface area contributed by atoms with Gasteiger partial charge in [-0.3, -0.25) is 9.78 Å². The van der Waals surface area contributed by atoms with E-state index in [-0.39, 0.29) is 5.56 Å². The minimum absolute atomic E-state index is 0.0144. The molecule has 2 aliphatic heterocycles. The largest absolute Gasteiger partial charge is 0.383 e. The zero-order valence-corrected chi connectivity index (χ0v) is 14.6. The number of methoxy groups -OCH3 is 1. The first-order valence-electron chi connectivity index (χ1n) is 9.04. The fraction of sp³-hybridized carbons (Fsp3) is 0.765. The van der Waals surface area contributed by atoms with Crippen LogP contribution in [0.25, 0.3) is 0 Å². The molecule has 1 fully saturated rings. The van der Waals surface area contributed by atoms with Crippen molar-refractivity contribution in [2.24, 2.45) is 5.92 Å². The summed E-state index contributed by atoms with van der Waals surface area (Å²) in [6.45, 7) is 6.68. The first kappa shape index (κ1) is 17.4. The molecule has 1 aromatic rings. The van der Waals surface area contributed by atoms with Crippen molar-refractivity contribution < 1.29 is 4.74 Å². The number of fused-ring (bicyclic) bond motifs is 1. The number of anilines is 1. The lowest BCUT2D eigenvalue weighted by Gasteiger charge is -2.31. The summed E-state index contributed by atoms with van der Waals surface area (Å²) in [5, 5.41) is 6.67. The third-order valence-electron chi connectivity index (χ3n) is 5.07. The minimum Gasteiger partial charge on any atom is -0.383 e. The van der Waals surface area contributed by atoms with E-state index in [1.54, 1.807) is 7.11 Å². The molecule has 24 heavy (non-hydrogen) atoms. The third kappa shape index (κ3) is 4.55. The molecule has 0 aromatic carbocycles. The maximum Gasteiger partial charge on any atom is 0.255 e. The van der Waals surface area contributed by atoms with Crippen molar-refractivity contribution in [2.45, 2.75) is 25.7 Å². The Morgan fingerprint density at radius 2 is 2.08 bits per heavy atom. The van der Waals surface area contributed by atoms with E-state index in [0.29, 0.717) is 11.9 Å². The maximum absolute atomic E-state index is 12.3. The van der Waals surface area contributed by atoms with Gasteiger partial charge < -0.3 is 20.3 Å². The molecule has 0 bridgehead atoms. The Kier molecular flexibility index (Phi) is 6.23. The molecule has 7 nitrogen and oxygen atoms in total. The molecule has 3 heterocycles. The van der Waals surface area contributed by atoms with Gasteiger partial charge in [0.25, 0.3) is 5.56 Å². The van der Waals surface area contributed by atoms with Crippen molar-refractivity contribution in [1.29, 1.82) is 0 Å². The number of nitrogens with zero attached hydrogens (tertiary/aromatic N) is 2. The van der Waals surface area contributed by atoms with Gasteiger partial charge in [0.1, 0.15) is 0 Å². The lowest BCUT2D eigenvalue weighted by Crippen LogP contribution is -2.37. The van der Waals surface area contributed by atoms with Gasteiger partial charge >= 0.3 is 0 Å². The summed E-state index contributed by atoms with van der Waals surface area (Å²) in [5.41, 5.74) is 1.80. The van der Waals surface area contributed by atoms with E-state index in [2.05, 4.69) is 25.5 Å². The van der Waals surface area contributed by atoms with E-state index >= 15 is 0 Å². The molecule has 0 spiro atoms. The van der Waals surface area contributed by atoms with Gasteiger partial charge in [-0.1, -0.05) is 0 Å². The lowest BCUT2D eigenvalue weighted by molar-refractivity contribution is 0.122. The van der Waals surface area contributed by atoms with Crippen LogP contribution < -0.4 is 16.2 Å². The van der Waals surface area contributed by atoms with Crippen molar-refractivity contribution in [3.05, 3.63) is 21.6 Å². The molecule has 0 saturated carbocycles. The van der Waals surface area contributed by atoms with E-state index in [1.165, 1.54) is 12.8 Å². The van der Waals surface area contributed by atoms with Gasteiger partial charge in [-0.2, -0.15) is 0 Å². The van der Waals surface area contributed by atoms with Crippen LogP contribution in [0, 0.1) is 5.92 Å². The predicted octanol–water partition coefficient (Wildman–Crippen LogP) is 0.228. The van der Waals surface area contributed by atoms with Crippen molar-refractivity contribution in [3.63, 3.8) is 0 Å². The highest BCUT2D eigenvalue weighted by Crippen LogP contribution is 2.17. The number of piperidine rings is 1. The van der Waals surface area contributed by atoms with Crippen LogP contribution in [0.5, 0.6) is 0 Å². The Labute approximate surface area is 143 Å². The molecule has 3 rings (SSSR count). The van der Waals surface area contributed by atoms with E-state index in [1.807, 2.05) is 0 Å². The van der Waals surface area contributed by atoms with Gasteiger partial charge in [-0.05, 0) is 44.8 Å². The smallest absolute Gasteiger partial charge is 0.255 e. The zero-order chi connectivity index (χ0) is 16.8. The molecule has 0 unspecified atom stereocenters. The number of rotatable bonds is 6. The number of nitrogens with one attached hydrogen (secondary N) is 3. The van der Waals surface area contributed by atoms with Crippen LogP contribution in [0.1, 0.15) is 24.1 Å². The average Bonchev–Trinajstić information content (AvgIpc) is 2.85. The highest BCUT2D eigenvalue weighted by atomic mass is 16.5. The van der Waals surface area contributed by atoms with Crippen LogP contribution in [0.4, 0.5) is 5.95 Å². The molecular formula is C17H29N5O2. The van der Waals surface area contributed by atoms with Crippen LogP contribution in [0.15, 0.2) is 4.79 Å². The van der Waals surface area contributed by atoms with Gasteiger partial charge in [-0.15, -0.1) is 0 Å². The first-order chi connectivity index (χ1) is 11.8. The van der Waals surface area contributed by atoms with Crippen LogP contribution in [0.3, 0.4) is 0 Å². The van der Waals surface area contributed by atoms with Crippen LogP contribution in [0.2, 0.25) is 0 Å². The molecule has 2 aliphatic rings. The van der Waals surface area contributed by atoms with E-state index < -0.39 is 0 Å². The van der Waals surface area contributed by atoms with E-state index in [4.69, 9.17) is 4.74 Å². The quantitative estimate of drug-likeness (QED) is 0.690. The second kappa shape index (κ2) is 8.60. The molecule has 0 amide bonds. The van der Waals surface area contributed by atoms with Crippen molar-refractivity contribution in [3.8, 4) is 0 Å². The van der Waals surface area contributed by atoms with Gasteiger partial charge in [0, 0.05) is 38.7 Å². The standard InChI is InChI=1S/C17H29N5O2/c1-24-11-10-22-8-4-13(5-9-22)12-19-17-20-15-3-7-18-6-2-14(15)16(23)21-17/h13,18H,2-12H2,1H3,(H2,19,20,21,23). The number of H-pyrrole nitrogens is 1. The Hall–Kier alpha value is -1.44. The number of likely N-dealkylation sites (tertiary alicyclic amines) is 1. The summed E-state index contributed by atoms with van der Waals surface area (Å²) in [6.07, 6.45) is 3.94. The topological polar surface area (TPSA) is 82.3 Å². The second-order valence-electron chi connectivity index (χ2n) is 6.75. The van der Waals surface area contributed by atoms with Gasteiger partial charge in [-0.25, -0.2) is 4.98 Å². The van der Waals surface area contributed by atoms with Gasteiger partial charge in [0.05, 0.1) is 12.3 Å². The Morgan fingerprint density at radius 1 is 1.29 bits per heavy atom. The Bertz CT molecular complexity index is 581. The number of hydrogen-bond donors (Lipinski definition) is 3. The van der Waals surface area contributed by atoms with Gasteiger partial charge in [0.15, 0.2) is 0 Å². The summed E-state index contributed by atoms with van der Waals surface area (Å²) in [6, 6.07) is 0. The molecule has 3 N–H and O–H groups in total. The fourth-order valence-electron chi connectivity index (χ4n) is 3.51. The van der Waals surface area contributed by atoms with Crippen LogP contribution in [-0.2, 0) is 17.6 Å². The highest BCUT2D eigenvalue weighted by Gasteiger charge is 2.19. The molecule has 1 saturated heterocycles. The molecule has 1 aromatic heterocycles. The molecule has 7 heteroatoms. The normalized spacial score (nSPS) is 19.7. The summed E-state index contributed by atoms with van der Waals surface area (Å²) in [5.74, 6) is 1.26. The Balaban J connectivity index is 1.51. The van der Waals surface area contributed by atoms with Crippen molar-refractivity contribution >= 4 is 5.95 Å². The van der Waals surface area contributed by atoms with Crippen molar-refractivity contribution in [2.75, 3.05) is 58.3 Å². The SMILES string of the molecule is COCCN1CCC(CNc2nc3c(c(=O)[nH]2)CCNCC3)CC1. The minimum atomic E-state index is 0.0144. The molecule has 0 atom stereocenters. The first-order valence-corrected chi connectivity index (χ1v) is 9.04. The molecule has 0 aliphatic carbocycles. The monoisotopic (exact) mass is 335 g/mol. The fourth-order valence-corrected chi connectivity index (χ4v) is 3.51. The maximum atomic E-state index is 12.3. The second-order valence-corrected chi connectivity index (χ2v) is 6.75. The van der Waals surface area contributed by atoms with E-state index in [9.17, 15) is 4.79 Å². The van der Waals surface area contributed by atoms with Crippen LogP contribution in [-0.4, -0.2) is 67.9 Å². The van der Waals surface area contributed by atoms with Crippen LogP contribution >= 0.6 is 0 Å². The third-order valence-corrected chi connectivity index (χ3v) is 5.07. The zero-order valence-electron chi connectivity index (χ0n) is 14.6. The molecule has 134 valence electrons.